The molecule has 0 aliphatic rings. The van der Waals surface area contributed by atoms with E-state index in [0.717, 1.165) is 0 Å². The molecule has 1 heterocycles. The van der Waals surface area contributed by atoms with Gasteiger partial charge in [-0.3, -0.25) is 4.79 Å². The van der Waals surface area contributed by atoms with E-state index in [4.69, 9.17) is 5.11 Å². The number of hydrogen-bond acceptors (Lipinski definition) is 4. The lowest BCUT2D eigenvalue weighted by Crippen LogP contribution is -2.33. The molecule has 1 atom stereocenters. The van der Waals surface area contributed by atoms with Crippen LogP contribution in [0.1, 0.15) is 34.4 Å². The van der Waals surface area contributed by atoms with E-state index >= 15 is 0 Å². The molecule has 1 aromatic heterocycles. The maximum atomic E-state index is 13.6. The fourth-order valence-electron chi connectivity index (χ4n) is 1.86. The summed E-state index contributed by atoms with van der Waals surface area (Å²) in [6, 6.07) is 6.42. The Bertz CT molecular complexity index is 615. The second kappa shape index (κ2) is 7.28. The van der Waals surface area contributed by atoms with Crippen molar-refractivity contribution in [2.75, 3.05) is 6.61 Å². The van der Waals surface area contributed by atoms with Crippen LogP contribution in [-0.4, -0.2) is 28.6 Å². The molecule has 6 heteroatoms. The van der Waals surface area contributed by atoms with E-state index in [-0.39, 0.29) is 24.4 Å². The molecule has 0 saturated heterocycles. The molecular weight excluding hydrogens is 291 g/mol. The summed E-state index contributed by atoms with van der Waals surface area (Å²) in [5, 5.41) is 13.9. The van der Waals surface area contributed by atoms with E-state index in [1.54, 1.807) is 23.6 Å². The maximum Gasteiger partial charge on any atom is 0.270 e. The molecule has 0 radical (unpaired) electrons. The number of halogens is 1. The third kappa shape index (κ3) is 4.34. The highest BCUT2D eigenvalue weighted by Crippen LogP contribution is 2.17. The van der Waals surface area contributed by atoms with Crippen LogP contribution >= 0.6 is 11.3 Å². The number of thiazole rings is 1. The Morgan fingerprint density at radius 2 is 2.24 bits per heavy atom. The van der Waals surface area contributed by atoms with Gasteiger partial charge < -0.3 is 10.4 Å². The second-order valence-corrected chi connectivity index (χ2v) is 5.72. The molecule has 0 saturated carbocycles. The molecule has 1 amide bonds. The minimum atomic E-state index is -0.271. The van der Waals surface area contributed by atoms with Gasteiger partial charge in [-0.1, -0.05) is 18.2 Å². The fourth-order valence-corrected chi connectivity index (χ4v) is 2.66. The zero-order valence-corrected chi connectivity index (χ0v) is 12.5. The molecule has 2 aromatic rings. The van der Waals surface area contributed by atoms with Crippen LogP contribution in [0, 0.1) is 5.82 Å². The zero-order valence-electron chi connectivity index (χ0n) is 11.7. The number of benzene rings is 1. The fraction of sp³-hybridized carbons (Fsp3) is 0.333. The molecule has 21 heavy (non-hydrogen) atoms. The minimum Gasteiger partial charge on any atom is -0.396 e. The van der Waals surface area contributed by atoms with Crippen LogP contribution in [0.25, 0.3) is 0 Å². The average Bonchev–Trinajstić information content (AvgIpc) is 2.90. The number of aliphatic hydroxyl groups is 1. The molecule has 2 N–H and O–H groups in total. The first-order valence-electron chi connectivity index (χ1n) is 6.69. The summed E-state index contributed by atoms with van der Waals surface area (Å²) in [5.74, 6) is -0.540. The summed E-state index contributed by atoms with van der Waals surface area (Å²) in [5.41, 5.74) is 0.892. The van der Waals surface area contributed by atoms with Crippen molar-refractivity contribution >= 4 is 17.2 Å². The van der Waals surface area contributed by atoms with E-state index in [9.17, 15) is 9.18 Å². The Labute approximate surface area is 126 Å². The molecule has 112 valence electrons. The van der Waals surface area contributed by atoms with Crippen LogP contribution in [0.5, 0.6) is 0 Å². The summed E-state index contributed by atoms with van der Waals surface area (Å²) < 4.78 is 13.6. The molecule has 4 nitrogen and oxygen atoms in total. The monoisotopic (exact) mass is 308 g/mol. The molecule has 0 spiro atoms. The van der Waals surface area contributed by atoms with Crippen molar-refractivity contribution in [3.8, 4) is 0 Å². The van der Waals surface area contributed by atoms with Gasteiger partial charge in [-0.2, -0.15) is 0 Å². The molecule has 0 fully saturated rings. The quantitative estimate of drug-likeness (QED) is 0.861. The number of nitrogens with one attached hydrogen (secondary N) is 1. The Hall–Kier alpha value is -1.79. The maximum absolute atomic E-state index is 13.6. The van der Waals surface area contributed by atoms with E-state index in [1.165, 1.54) is 17.4 Å². The Kier molecular flexibility index (Phi) is 5.41. The SMILES string of the molecule is CC(CCO)NC(=O)c1csc(Cc2ccccc2F)n1. The predicted molar refractivity (Wildman–Crippen MR) is 80.0 cm³/mol. The molecule has 1 aromatic carbocycles. The van der Waals surface area contributed by atoms with Crippen LogP contribution in [0.2, 0.25) is 0 Å². The Morgan fingerprint density at radius 3 is 2.95 bits per heavy atom. The van der Waals surface area contributed by atoms with Gasteiger partial charge in [0.25, 0.3) is 5.91 Å². The summed E-state index contributed by atoms with van der Waals surface area (Å²) in [4.78, 5) is 16.2. The second-order valence-electron chi connectivity index (χ2n) is 4.78. The van der Waals surface area contributed by atoms with Gasteiger partial charge in [-0.05, 0) is 25.0 Å². The topological polar surface area (TPSA) is 62.2 Å². The molecular formula is C15H17FN2O2S. The van der Waals surface area contributed by atoms with E-state index < -0.39 is 0 Å². The van der Waals surface area contributed by atoms with Crippen molar-refractivity contribution < 1.29 is 14.3 Å². The van der Waals surface area contributed by atoms with Crippen molar-refractivity contribution in [2.45, 2.75) is 25.8 Å². The highest BCUT2D eigenvalue weighted by molar-refractivity contribution is 7.09. The molecule has 2 rings (SSSR count). The van der Waals surface area contributed by atoms with Gasteiger partial charge in [0, 0.05) is 24.4 Å². The molecule has 0 aliphatic heterocycles. The lowest BCUT2D eigenvalue weighted by molar-refractivity contribution is 0.0930. The number of aliphatic hydroxyl groups excluding tert-OH is 1. The van der Waals surface area contributed by atoms with Gasteiger partial charge in [-0.15, -0.1) is 11.3 Å². The Morgan fingerprint density at radius 1 is 1.48 bits per heavy atom. The van der Waals surface area contributed by atoms with Gasteiger partial charge in [0.15, 0.2) is 0 Å². The first-order valence-corrected chi connectivity index (χ1v) is 7.57. The number of carbonyl (C=O) groups excluding carboxylic acids is 1. The third-order valence-electron chi connectivity index (χ3n) is 3.02. The van der Waals surface area contributed by atoms with Crippen LogP contribution in [0.15, 0.2) is 29.6 Å². The van der Waals surface area contributed by atoms with Gasteiger partial charge >= 0.3 is 0 Å². The van der Waals surface area contributed by atoms with Crippen molar-refractivity contribution in [3.63, 3.8) is 0 Å². The first kappa shape index (κ1) is 15.6. The number of hydrogen-bond donors (Lipinski definition) is 2. The number of nitrogens with zero attached hydrogens (tertiary/aromatic N) is 1. The van der Waals surface area contributed by atoms with Crippen LogP contribution in [0.4, 0.5) is 4.39 Å². The van der Waals surface area contributed by atoms with Gasteiger partial charge in [0.05, 0.1) is 5.01 Å². The number of rotatable bonds is 6. The smallest absolute Gasteiger partial charge is 0.270 e. The first-order chi connectivity index (χ1) is 10.1. The van der Waals surface area contributed by atoms with Crippen molar-refractivity contribution in [2.24, 2.45) is 0 Å². The molecule has 1 unspecified atom stereocenters. The van der Waals surface area contributed by atoms with Crippen LogP contribution < -0.4 is 5.32 Å². The zero-order chi connectivity index (χ0) is 15.2. The lowest BCUT2D eigenvalue weighted by atomic mass is 10.1. The average molecular weight is 308 g/mol. The summed E-state index contributed by atoms with van der Waals surface area (Å²) in [6.07, 6.45) is 0.870. The van der Waals surface area contributed by atoms with Gasteiger partial charge in [0.1, 0.15) is 11.5 Å². The molecule has 0 aliphatic carbocycles. The third-order valence-corrected chi connectivity index (χ3v) is 3.87. The normalized spacial score (nSPS) is 12.1. The van der Waals surface area contributed by atoms with Gasteiger partial charge in [0.2, 0.25) is 0 Å². The number of carbonyl (C=O) groups is 1. The van der Waals surface area contributed by atoms with E-state index in [1.807, 2.05) is 6.92 Å². The van der Waals surface area contributed by atoms with Crippen LogP contribution in [0.3, 0.4) is 0 Å². The summed E-state index contributed by atoms with van der Waals surface area (Å²) in [7, 11) is 0. The van der Waals surface area contributed by atoms with E-state index in [2.05, 4.69) is 10.3 Å². The van der Waals surface area contributed by atoms with Crippen molar-refractivity contribution in [3.05, 3.63) is 51.7 Å². The largest absolute Gasteiger partial charge is 0.396 e. The lowest BCUT2D eigenvalue weighted by Gasteiger charge is -2.10. The van der Waals surface area contributed by atoms with Crippen LogP contribution in [-0.2, 0) is 6.42 Å². The predicted octanol–water partition coefficient (Wildman–Crippen LogP) is 2.37. The summed E-state index contributed by atoms with van der Waals surface area (Å²) in [6.45, 7) is 1.85. The van der Waals surface area contributed by atoms with Crippen molar-refractivity contribution in [1.82, 2.24) is 10.3 Å². The van der Waals surface area contributed by atoms with Crippen molar-refractivity contribution in [1.29, 1.82) is 0 Å². The number of aromatic nitrogens is 1. The summed E-state index contributed by atoms with van der Waals surface area (Å²) >= 11 is 1.33. The minimum absolute atomic E-state index is 0.0248. The van der Waals surface area contributed by atoms with E-state index in [0.29, 0.717) is 29.1 Å². The standard InChI is InChI=1S/C15H17FN2O2S/c1-10(6-7-19)17-15(20)13-9-21-14(18-13)8-11-4-2-3-5-12(11)16/h2-5,9-10,19H,6-8H2,1H3,(H,17,20). The highest BCUT2D eigenvalue weighted by Gasteiger charge is 2.14. The highest BCUT2D eigenvalue weighted by atomic mass is 32.1. The molecule has 0 bridgehead atoms. The number of amides is 1. The Balaban J connectivity index is 2.01. The van der Waals surface area contributed by atoms with Gasteiger partial charge in [-0.25, -0.2) is 9.37 Å².